The monoisotopic (exact) mass is 132 g/mol. The van der Waals surface area contributed by atoms with Crippen LogP contribution in [0.5, 0.6) is 0 Å². The summed E-state index contributed by atoms with van der Waals surface area (Å²) in [5.74, 6) is -0.0423. The second-order valence-electron chi connectivity index (χ2n) is 1.92. The summed E-state index contributed by atoms with van der Waals surface area (Å²) in [6, 6.07) is 0. The summed E-state index contributed by atoms with van der Waals surface area (Å²) in [7, 11) is 0. The largest absolute Gasteiger partial charge is 0.297 e. The Labute approximate surface area is 54.6 Å². The topological polar surface area (TPSA) is 46.5 Å². The van der Waals surface area contributed by atoms with Gasteiger partial charge in [0, 0.05) is 6.42 Å². The van der Waals surface area contributed by atoms with Crippen molar-refractivity contribution in [3.63, 3.8) is 0 Å². The molecular formula is C6H12O3. The minimum absolute atomic E-state index is 0.0423. The first-order valence-corrected chi connectivity index (χ1v) is 3.09. The zero-order valence-electron chi connectivity index (χ0n) is 5.59. The third kappa shape index (κ3) is 5.46. The molecule has 0 aliphatic heterocycles. The van der Waals surface area contributed by atoms with Gasteiger partial charge in [-0.25, -0.2) is 4.89 Å². The molecule has 9 heavy (non-hydrogen) atoms. The number of carbonyl (C=O) groups is 1. The van der Waals surface area contributed by atoms with Gasteiger partial charge < -0.3 is 0 Å². The lowest BCUT2D eigenvalue weighted by molar-refractivity contribution is -0.238. The fourth-order valence-corrected chi connectivity index (χ4v) is 0.518. The summed E-state index contributed by atoms with van der Waals surface area (Å²) in [6.07, 6.45) is 2.39. The van der Waals surface area contributed by atoms with Crippen LogP contribution >= 0.6 is 0 Å². The Morgan fingerprint density at radius 1 is 1.67 bits per heavy atom. The molecule has 0 unspecified atom stereocenters. The van der Waals surface area contributed by atoms with Gasteiger partial charge in [-0.2, -0.15) is 0 Å². The Bertz CT molecular complexity index is 80.4. The quantitative estimate of drug-likeness (QED) is 0.452. The van der Waals surface area contributed by atoms with Gasteiger partial charge >= 0.3 is 0 Å². The van der Waals surface area contributed by atoms with Crippen molar-refractivity contribution in [3.8, 4) is 0 Å². The molecule has 0 bridgehead atoms. The van der Waals surface area contributed by atoms with Gasteiger partial charge in [-0.15, -0.1) is 0 Å². The van der Waals surface area contributed by atoms with E-state index in [1.54, 1.807) is 0 Å². The molecule has 0 saturated heterocycles. The van der Waals surface area contributed by atoms with Crippen molar-refractivity contribution in [1.29, 1.82) is 0 Å². The maximum atomic E-state index is 10.5. The SMILES string of the molecule is CCCCC(=O)COO. The van der Waals surface area contributed by atoms with Crippen LogP contribution < -0.4 is 0 Å². The summed E-state index contributed by atoms with van der Waals surface area (Å²) in [6.45, 7) is 1.84. The molecule has 0 radical (unpaired) electrons. The average Bonchev–Trinajstić information content (AvgIpc) is 1.85. The van der Waals surface area contributed by atoms with Gasteiger partial charge in [-0.05, 0) is 6.42 Å². The van der Waals surface area contributed by atoms with Crippen molar-refractivity contribution < 1.29 is 14.9 Å². The normalized spacial score (nSPS) is 9.56. The van der Waals surface area contributed by atoms with Crippen molar-refractivity contribution in [2.75, 3.05) is 6.61 Å². The van der Waals surface area contributed by atoms with Crippen LogP contribution in [0.25, 0.3) is 0 Å². The van der Waals surface area contributed by atoms with Gasteiger partial charge in [-0.1, -0.05) is 13.3 Å². The predicted molar refractivity (Wildman–Crippen MR) is 33.1 cm³/mol. The van der Waals surface area contributed by atoms with Crippen LogP contribution in [-0.4, -0.2) is 17.6 Å². The summed E-state index contributed by atoms with van der Waals surface area (Å²) in [5, 5.41) is 7.82. The highest BCUT2D eigenvalue weighted by molar-refractivity contribution is 5.79. The Kier molecular flexibility index (Phi) is 5.46. The Morgan fingerprint density at radius 2 is 2.33 bits per heavy atom. The molecule has 0 rings (SSSR count). The maximum Gasteiger partial charge on any atom is 0.161 e. The van der Waals surface area contributed by atoms with Gasteiger partial charge in [0.05, 0.1) is 0 Å². The highest BCUT2D eigenvalue weighted by Gasteiger charge is 1.98. The third-order valence-corrected chi connectivity index (χ3v) is 1.03. The van der Waals surface area contributed by atoms with E-state index in [1.165, 1.54) is 0 Å². The predicted octanol–water partition coefficient (Wildman–Crippen LogP) is 1.24. The van der Waals surface area contributed by atoms with E-state index >= 15 is 0 Å². The Hall–Kier alpha value is -0.410. The molecule has 3 nitrogen and oxygen atoms in total. The molecule has 0 heterocycles. The lowest BCUT2D eigenvalue weighted by Gasteiger charge is -1.93. The first kappa shape index (κ1) is 8.59. The fourth-order valence-electron chi connectivity index (χ4n) is 0.518. The van der Waals surface area contributed by atoms with Gasteiger partial charge in [0.1, 0.15) is 6.61 Å². The molecule has 0 aromatic rings. The molecule has 54 valence electrons. The van der Waals surface area contributed by atoms with Gasteiger partial charge in [-0.3, -0.25) is 10.1 Å². The first-order chi connectivity index (χ1) is 4.31. The van der Waals surface area contributed by atoms with Crippen molar-refractivity contribution in [3.05, 3.63) is 0 Å². The lowest BCUT2D eigenvalue weighted by atomic mass is 10.2. The van der Waals surface area contributed by atoms with Crippen LogP contribution in [-0.2, 0) is 9.68 Å². The lowest BCUT2D eigenvalue weighted by Crippen LogP contribution is -2.05. The molecule has 0 amide bonds. The molecule has 0 aliphatic rings. The van der Waals surface area contributed by atoms with E-state index in [4.69, 9.17) is 5.26 Å². The minimum Gasteiger partial charge on any atom is -0.297 e. The van der Waals surface area contributed by atoms with Gasteiger partial charge in [0.15, 0.2) is 5.78 Å². The molecule has 0 aliphatic carbocycles. The molecule has 0 atom stereocenters. The molecule has 0 spiro atoms. The fraction of sp³-hybridized carbons (Fsp3) is 0.833. The van der Waals surface area contributed by atoms with E-state index in [0.29, 0.717) is 6.42 Å². The highest BCUT2D eigenvalue weighted by atomic mass is 17.1. The molecule has 0 fully saturated rings. The van der Waals surface area contributed by atoms with Crippen LogP contribution in [0.15, 0.2) is 0 Å². The molecule has 0 aromatic carbocycles. The third-order valence-electron chi connectivity index (χ3n) is 1.03. The minimum atomic E-state index is -0.167. The number of carbonyl (C=O) groups excluding carboxylic acids is 1. The number of hydrogen-bond donors (Lipinski definition) is 1. The van der Waals surface area contributed by atoms with E-state index in [0.717, 1.165) is 12.8 Å². The molecular weight excluding hydrogens is 120 g/mol. The van der Waals surface area contributed by atoms with E-state index in [-0.39, 0.29) is 12.4 Å². The average molecular weight is 132 g/mol. The summed E-state index contributed by atoms with van der Waals surface area (Å²) in [5.41, 5.74) is 0. The van der Waals surface area contributed by atoms with Crippen LogP contribution in [0.1, 0.15) is 26.2 Å². The maximum absolute atomic E-state index is 10.5. The molecule has 0 saturated carbocycles. The van der Waals surface area contributed by atoms with Crippen LogP contribution in [0.2, 0.25) is 0 Å². The summed E-state index contributed by atoms with van der Waals surface area (Å²) in [4.78, 5) is 14.2. The first-order valence-electron chi connectivity index (χ1n) is 3.09. The van der Waals surface area contributed by atoms with Crippen molar-refractivity contribution in [2.45, 2.75) is 26.2 Å². The van der Waals surface area contributed by atoms with Crippen molar-refractivity contribution in [1.82, 2.24) is 0 Å². The van der Waals surface area contributed by atoms with Crippen molar-refractivity contribution >= 4 is 5.78 Å². The Balaban J connectivity index is 3.06. The number of Topliss-reactive ketones (excluding diaryl/α,β-unsaturated/α-hetero) is 1. The van der Waals surface area contributed by atoms with E-state index < -0.39 is 0 Å². The zero-order valence-corrected chi connectivity index (χ0v) is 5.59. The number of hydrogen-bond acceptors (Lipinski definition) is 3. The van der Waals surface area contributed by atoms with Crippen molar-refractivity contribution in [2.24, 2.45) is 0 Å². The van der Waals surface area contributed by atoms with Gasteiger partial charge in [0.2, 0.25) is 0 Å². The van der Waals surface area contributed by atoms with Crippen LogP contribution in [0.3, 0.4) is 0 Å². The number of ketones is 1. The summed E-state index contributed by atoms with van der Waals surface area (Å²) < 4.78 is 0. The van der Waals surface area contributed by atoms with E-state index in [9.17, 15) is 4.79 Å². The zero-order chi connectivity index (χ0) is 7.11. The summed E-state index contributed by atoms with van der Waals surface area (Å²) >= 11 is 0. The van der Waals surface area contributed by atoms with Gasteiger partial charge in [0.25, 0.3) is 0 Å². The number of unbranched alkanes of at least 4 members (excludes halogenated alkanes) is 1. The van der Waals surface area contributed by atoms with E-state index in [2.05, 4.69) is 4.89 Å². The second kappa shape index (κ2) is 5.72. The Morgan fingerprint density at radius 3 is 2.78 bits per heavy atom. The molecule has 0 aromatic heterocycles. The van der Waals surface area contributed by atoms with Crippen LogP contribution in [0, 0.1) is 0 Å². The smallest absolute Gasteiger partial charge is 0.161 e. The second-order valence-corrected chi connectivity index (χ2v) is 1.92. The highest BCUT2D eigenvalue weighted by Crippen LogP contribution is 1.94. The standard InChI is InChI=1S/C6H12O3/c1-2-3-4-6(7)5-9-8/h8H,2-5H2,1H3. The van der Waals surface area contributed by atoms with E-state index in [1.807, 2.05) is 6.92 Å². The van der Waals surface area contributed by atoms with Crippen LogP contribution in [0.4, 0.5) is 0 Å². The molecule has 1 N–H and O–H groups in total. The number of rotatable bonds is 5. The molecule has 3 heteroatoms.